The molecule has 1 aliphatic carbocycles. The number of anilines is 2. The zero-order valence-electron chi connectivity index (χ0n) is 21.8. The van der Waals surface area contributed by atoms with Crippen molar-refractivity contribution in [2.75, 3.05) is 10.6 Å². The molecule has 0 saturated carbocycles. The van der Waals surface area contributed by atoms with Crippen LogP contribution < -0.4 is 20.1 Å². The predicted molar refractivity (Wildman–Crippen MR) is 159 cm³/mol. The van der Waals surface area contributed by atoms with Crippen LogP contribution in [0.5, 0.6) is 11.5 Å². The fraction of sp³-hybridized carbons (Fsp3) is 0.0606. The molecule has 1 amide bonds. The summed E-state index contributed by atoms with van der Waals surface area (Å²) in [5.41, 5.74) is 3.29. The van der Waals surface area contributed by atoms with Gasteiger partial charge in [0.05, 0.1) is 28.2 Å². The van der Waals surface area contributed by atoms with Crippen molar-refractivity contribution in [2.24, 2.45) is 0 Å². The summed E-state index contributed by atoms with van der Waals surface area (Å²) >= 11 is 7.19. The van der Waals surface area contributed by atoms with Crippen molar-refractivity contribution in [3.63, 3.8) is 0 Å². The van der Waals surface area contributed by atoms with E-state index in [-0.39, 0.29) is 5.91 Å². The van der Waals surface area contributed by atoms with Gasteiger partial charge in [0.25, 0.3) is 5.91 Å². The van der Waals surface area contributed by atoms with E-state index in [1.807, 2.05) is 97.1 Å². The van der Waals surface area contributed by atoms with E-state index in [0.29, 0.717) is 39.3 Å². The lowest BCUT2D eigenvalue weighted by Crippen LogP contribution is -2.28. The Morgan fingerprint density at radius 1 is 0.707 bits per heavy atom. The monoisotopic (exact) mass is 560 g/mol. The second-order valence-electron chi connectivity index (χ2n) is 9.23. The fourth-order valence-corrected chi connectivity index (χ4v) is 4.97. The first-order valence-electron chi connectivity index (χ1n) is 13.0. The summed E-state index contributed by atoms with van der Waals surface area (Å²) in [6.07, 6.45) is 3.34. The summed E-state index contributed by atoms with van der Waals surface area (Å²) in [6.45, 7) is 0. The molecule has 0 radical (unpaired) electrons. The van der Waals surface area contributed by atoms with Crippen LogP contribution >= 0.6 is 11.6 Å². The first kappa shape index (κ1) is 26.1. The van der Waals surface area contributed by atoms with E-state index in [9.17, 15) is 4.79 Å². The lowest BCUT2D eigenvalue weighted by Gasteiger charge is -2.35. The number of hydrogen-bond acceptors (Lipinski definition) is 6. The molecule has 1 heterocycles. The third kappa shape index (κ3) is 5.76. The standard InChI is InChI=1S/C33H25ClN4O3/c34-29-30(37-27-18-10-9-17-26(27)33(39)38-28-21-35-19-20-36-28)32(41-23-13-5-2-6-14-23)25-16-8-7-15-24(25)31(29)40-22-11-3-1-4-12-22/h1-21,31-32,37H,(H,36,38,39). The topological polar surface area (TPSA) is 85.4 Å². The molecule has 6 rings (SSSR count). The van der Waals surface area contributed by atoms with Crippen molar-refractivity contribution in [1.29, 1.82) is 0 Å². The molecule has 0 fully saturated rings. The molecule has 1 aliphatic rings. The van der Waals surface area contributed by atoms with Gasteiger partial charge in [0.15, 0.2) is 18.0 Å². The zero-order valence-corrected chi connectivity index (χ0v) is 22.5. The number of halogens is 1. The number of para-hydroxylation sites is 3. The van der Waals surface area contributed by atoms with Crippen molar-refractivity contribution in [1.82, 2.24) is 9.97 Å². The van der Waals surface area contributed by atoms with E-state index in [2.05, 4.69) is 20.6 Å². The highest BCUT2D eigenvalue weighted by molar-refractivity contribution is 6.31. The van der Waals surface area contributed by atoms with Gasteiger partial charge >= 0.3 is 0 Å². The summed E-state index contributed by atoms with van der Waals surface area (Å²) in [7, 11) is 0. The maximum Gasteiger partial charge on any atom is 0.258 e. The molecule has 2 atom stereocenters. The second-order valence-corrected chi connectivity index (χ2v) is 9.63. The van der Waals surface area contributed by atoms with Crippen LogP contribution in [0.4, 0.5) is 11.5 Å². The quantitative estimate of drug-likeness (QED) is 0.204. The minimum absolute atomic E-state index is 0.345. The highest BCUT2D eigenvalue weighted by Crippen LogP contribution is 2.46. The maximum atomic E-state index is 13.3. The number of rotatable bonds is 8. The fourth-order valence-electron chi connectivity index (χ4n) is 4.66. The number of carbonyl (C=O) groups excluding carboxylic acids is 1. The van der Waals surface area contributed by atoms with Gasteiger partial charge in [-0.3, -0.25) is 9.78 Å². The maximum absolute atomic E-state index is 13.3. The predicted octanol–water partition coefficient (Wildman–Crippen LogP) is 7.55. The molecule has 1 aromatic heterocycles. The van der Waals surface area contributed by atoms with E-state index < -0.39 is 12.2 Å². The lowest BCUT2D eigenvalue weighted by molar-refractivity contribution is 0.102. The number of aromatic nitrogens is 2. The van der Waals surface area contributed by atoms with Crippen LogP contribution in [0.15, 0.2) is 139 Å². The van der Waals surface area contributed by atoms with E-state index in [1.165, 1.54) is 12.4 Å². The first-order valence-corrected chi connectivity index (χ1v) is 13.4. The average molecular weight is 561 g/mol. The summed E-state index contributed by atoms with van der Waals surface area (Å²) in [4.78, 5) is 21.5. The van der Waals surface area contributed by atoms with Crippen LogP contribution in [0.2, 0.25) is 0 Å². The van der Waals surface area contributed by atoms with Gasteiger partial charge in [-0.15, -0.1) is 0 Å². The molecule has 202 valence electrons. The number of benzene rings is 4. The van der Waals surface area contributed by atoms with E-state index in [1.54, 1.807) is 18.3 Å². The SMILES string of the molecule is O=C(Nc1cnccn1)c1ccccc1NC1=C(Cl)C(Oc2ccccc2)c2ccccc2C1Oc1ccccc1. The Bertz CT molecular complexity index is 1680. The Kier molecular flexibility index (Phi) is 7.60. The molecule has 7 nitrogen and oxygen atoms in total. The summed E-state index contributed by atoms with van der Waals surface area (Å²) in [5.74, 6) is 1.35. The lowest BCUT2D eigenvalue weighted by atomic mass is 9.89. The third-order valence-corrected chi connectivity index (χ3v) is 6.95. The number of carbonyl (C=O) groups is 1. The van der Waals surface area contributed by atoms with Gasteiger partial charge in [0, 0.05) is 23.5 Å². The Labute approximate surface area is 242 Å². The van der Waals surface area contributed by atoms with Crippen molar-refractivity contribution >= 4 is 29.0 Å². The van der Waals surface area contributed by atoms with E-state index >= 15 is 0 Å². The number of ether oxygens (including phenoxy) is 2. The minimum Gasteiger partial charge on any atom is -0.480 e. The van der Waals surface area contributed by atoms with Crippen LogP contribution in [0.25, 0.3) is 0 Å². The van der Waals surface area contributed by atoms with E-state index in [0.717, 1.165) is 11.1 Å². The van der Waals surface area contributed by atoms with E-state index in [4.69, 9.17) is 21.1 Å². The number of nitrogens with one attached hydrogen (secondary N) is 2. The number of hydrogen-bond donors (Lipinski definition) is 2. The van der Waals surface area contributed by atoms with Gasteiger partial charge in [-0.1, -0.05) is 84.4 Å². The first-order chi connectivity index (χ1) is 20.2. The Balaban J connectivity index is 1.42. The molecule has 41 heavy (non-hydrogen) atoms. The number of amides is 1. The molecule has 2 unspecified atom stereocenters. The normalized spacial score (nSPS) is 15.9. The molecule has 2 N–H and O–H groups in total. The van der Waals surface area contributed by atoms with Crippen LogP contribution in [0.3, 0.4) is 0 Å². The van der Waals surface area contributed by atoms with Crippen LogP contribution in [-0.2, 0) is 0 Å². The van der Waals surface area contributed by atoms with Gasteiger partial charge in [-0.05, 0) is 36.4 Å². The van der Waals surface area contributed by atoms with Crippen molar-refractivity contribution in [2.45, 2.75) is 12.2 Å². The van der Waals surface area contributed by atoms with Gasteiger partial charge in [0.1, 0.15) is 11.5 Å². The highest BCUT2D eigenvalue weighted by Gasteiger charge is 2.37. The molecular weight excluding hydrogens is 536 g/mol. The van der Waals surface area contributed by atoms with Crippen LogP contribution in [-0.4, -0.2) is 15.9 Å². The van der Waals surface area contributed by atoms with Crippen molar-refractivity contribution < 1.29 is 14.3 Å². The number of nitrogens with zero attached hydrogens (tertiary/aromatic N) is 2. The van der Waals surface area contributed by atoms with Gasteiger partial charge < -0.3 is 20.1 Å². The molecule has 4 aromatic carbocycles. The molecular formula is C33H25ClN4O3. The zero-order chi connectivity index (χ0) is 28.0. The third-order valence-electron chi connectivity index (χ3n) is 6.55. The highest BCUT2D eigenvalue weighted by atomic mass is 35.5. The Hall–Kier alpha value is -5.14. The molecule has 0 aliphatic heterocycles. The number of fused-ring (bicyclic) bond motifs is 1. The average Bonchev–Trinajstić information content (AvgIpc) is 3.02. The Morgan fingerprint density at radius 3 is 1.95 bits per heavy atom. The minimum atomic E-state index is -0.604. The van der Waals surface area contributed by atoms with Gasteiger partial charge in [0.2, 0.25) is 0 Å². The molecule has 0 saturated heterocycles. The van der Waals surface area contributed by atoms with Crippen molar-refractivity contribution in [3.05, 3.63) is 155 Å². The molecule has 0 bridgehead atoms. The van der Waals surface area contributed by atoms with Gasteiger partial charge in [-0.2, -0.15) is 0 Å². The van der Waals surface area contributed by atoms with Crippen LogP contribution in [0.1, 0.15) is 33.7 Å². The second kappa shape index (κ2) is 11.9. The Morgan fingerprint density at radius 2 is 1.29 bits per heavy atom. The molecule has 0 spiro atoms. The summed E-state index contributed by atoms with van der Waals surface area (Å²) < 4.78 is 13.0. The molecule has 5 aromatic rings. The smallest absolute Gasteiger partial charge is 0.258 e. The molecule has 8 heteroatoms. The summed E-state index contributed by atoms with van der Waals surface area (Å²) in [6, 6.07) is 34.1. The summed E-state index contributed by atoms with van der Waals surface area (Å²) in [5, 5.41) is 6.65. The van der Waals surface area contributed by atoms with Crippen LogP contribution in [0, 0.1) is 0 Å². The van der Waals surface area contributed by atoms with Gasteiger partial charge in [-0.25, -0.2) is 4.98 Å². The largest absolute Gasteiger partial charge is 0.480 e. The van der Waals surface area contributed by atoms with Crippen molar-refractivity contribution in [3.8, 4) is 11.5 Å².